The van der Waals surface area contributed by atoms with E-state index in [0.717, 1.165) is 5.56 Å². The summed E-state index contributed by atoms with van der Waals surface area (Å²) in [4.78, 5) is 12.3. The molecule has 0 aliphatic carbocycles. The lowest BCUT2D eigenvalue weighted by molar-refractivity contribution is 0.249. The molecule has 1 unspecified atom stereocenters. The molecule has 0 radical (unpaired) electrons. The minimum atomic E-state index is -3.53. The summed E-state index contributed by atoms with van der Waals surface area (Å²) in [7, 11) is -1.99. The maximum atomic E-state index is 12.4. The second kappa shape index (κ2) is 8.33. The molecule has 2 aromatic carbocycles. The van der Waals surface area contributed by atoms with Crippen molar-refractivity contribution in [3.05, 3.63) is 60.2 Å². The average Bonchev–Trinajstić information content (AvgIpc) is 2.62. The van der Waals surface area contributed by atoms with E-state index in [0.29, 0.717) is 5.69 Å². The Labute approximate surface area is 155 Å². The quantitative estimate of drug-likeness (QED) is 0.810. The van der Waals surface area contributed by atoms with Crippen molar-refractivity contribution >= 4 is 21.7 Å². The normalized spacial score (nSPS) is 12.8. The van der Waals surface area contributed by atoms with E-state index in [2.05, 4.69) is 10.6 Å². The molecule has 0 heterocycles. The van der Waals surface area contributed by atoms with E-state index in [1.54, 1.807) is 19.2 Å². The maximum absolute atomic E-state index is 12.4. The van der Waals surface area contributed by atoms with Crippen LogP contribution in [0.15, 0.2) is 59.5 Å². The van der Waals surface area contributed by atoms with Crippen LogP contribution >= 0.6 is 0 Å². The Morgan fingerprint density at radius 1 is 0.962 bits per heavy atom. The van der Waals surface area contributed by atoms with Gasteiger partial charge in [-0.3, -0.25) is 0 Å². The number of rotatable bonds is 6. The van der Waals surface area contributed by atoms with Crippen molar-refractivity contribution in [1.82, 2.24) is 9.62 Å². The Balaban J connectivity index is 2.02. The molecule has 0 aliphatic heterocycles. The first-order valence-electron chi connectivity index (χ1n) is 8.42. The van der Waals surface area contributed by atoms with Crippen molar-refractivity contribution in [3.63, 3.8) is 0 Å². The summed E-state index contributed by atoms with van der Waals surface area (Å²) < 4.78 is 26.2. The molecule has 26 heavy (non-hydrogen) atoms. The molecule has 0 saturated heterocycles. The molecule has 6 nitrogen and oxygen atoms in total. The zero-order chi connectivity index (χ0) is 19.3. The predicted octanol–water partition coefficient (Wildman–Crippen LogP) is 3.60. The second-order valence-electron chi connectivity index (χ2n) is 6.37. The molecule has 0 saturated carbocycles. The third-order valence-corrected chi connectivity index (χ3v) is 6.21. The molecule has 0 aromatic heterocycles. The Morgan fingerprint density at radius 2 is 1.54 bits per heavy atom. The summed E-state index contributed by atoms with van der Waals surface area (Å²) in [5, 5.41) is 5.56. The van der Waals surface area contributed by atoms with E-state index in [9.17, 15) is 13.2 Å². The van der Waals surface area contributed by atoms with Gasteiger partial charge in [0.05, 0.1) is 10.9 Å². The highest BCUT2D eigenvalue weighted by Gasteiger charge is 2.22. The lowest BCUT2D eigenvalue weighted by atomic mass is 10.1. The van der Waals surface area contributed by atoms with Gasteiger partial charge in [0.1, 0.15) is 0 Å². The molecule has 2 rings (SSSR count). The third kappa shape index (κ3) is 4.83. The highest BCUT2D eigenvalue weighted by atomic mass is 32.2. The van der Waals surface area contributed by atoms with Crippen LogP contribution in [0.2, 0.25) is 0 Å². The zero-order valence-corrected chi connectivity index (χ0v) is 16.2. The second-order valence-corrected chi connectivity index (χ2v) is 8.37. The molecule has 7 heteroatoms. The Morgan fingerprint density at radius 3 is 2.08 bits per heavy atom. The molecule has 0 spiro atoms. The van der Waals surface area contributed by atoms with Gasteiger partial charge in [-0.1, -0.05) is 30.3 Å². The summed E-state index contributed by atoms with van der Waals surface area (Å²) in [5.74, 6) is 0. The molecule has 1 atom stereocenters. The van der Waals surface area contributed by atoms with Crippen LogP contribution in [-0.4, -0.2) is 31.8 Å². The molecule has 0 fully saturated rings. The van der Waals surface area contributed by atoms with Gasteiger partial charge in [-0.25, -0.2) is 13.2 Å². The fourth-order valence-electron chi connectivity index (χ4n) is 2.34. The van der Waals surface area contributed by atoms with Crippen LogP contribution in [0.1, 0.15) is 32.4 Å². The fourth-order valence-corrected chi connectivity index (χ4v) is 3.71. The van der Waals surface area contributed by atoms with Crippen molar-refractivity contribution in [3.8, 4) is 0 Å². The molecule has 2 N–H and O–H groups in total. The number of sulfonamides is 1. The third-order valence-electron chi connectivity index (χ3n) is 4.16. The Bertz CT molecular complexity index is 834. The highest BCUT2D eigenvalue weighted by Crippen LogP contribution is 2.19. The van der Waals surface area contributed by atoms with Crippen molar-refractivity contribution in [2.45, 2.75) is 37.8 Å². The number of hydrogen-bond donors (Lipinski definition) is 2. The number of hydrogen-bond acceptors (Lipinski definition) is 3. The van der Waals surface area contributed by atoms with Gasteiger partial charge >= 0.3 is 6.03 Å². The summed E-state index contributed by atoms with van der Waals surface area (Å²) in [6, 6.07) is 15.1. The minimum absolute atomic E-state index is 0.136. The van der Waals surface area contributed by atoms with E-state index >= 15 is 0 Å². The van der Waals surface area contributed by atoms with Gasteiger partial charge < -0.3 is 10.6 Å². The number of anilines is 1. The molecule has 0 aliphatic rings. The lowest BCUT2D eigenvalue weighted by Crippen LogP contribution is -2.33. The van der Waals surface area contributed by atoms with Crippen LogP contribution in [0, 0.1) is 0 Å². The topological polar surface area (TPSA) is 78.5 Å². The number of carbonyl (C=O) groups is 1. The predicted molar refractivity (Wildman–Crippen MR) is 104 cm³/mol. The summed E-state index contributed by atoms with van der Waals surface area (Å²) in [6.45, 7) is 5.52. The molecule has 0 bridgehead atoms. The van der Waals surface area contributed by atoms with Crippen molar-refractivity contribution in [2.24, 2.45) is 0 Å². The van der Waals surface area contributed by atoms with Crippen molar-refractivity contribution in [2.75, 3.05) is 12.4 Å². The first-order valence-corrected chi connectivity index (χ1v) is 9.86. The smallest absolute Gasteiger partial charge is 0.319 e. The molecule has 2 amide bonds. The fraction of sp³-hybridized carbons (Fsp3) is 0.316. The number of amides is 2. The van der Waals surface area contributed by atoms with E-state index in [4.69, 9.17) is 0 Å². The maximum Gasteiger partial charge on any atom is 0.319 e. The molecule has 140 valence electrons. The number of nitrogens with zero attached hydrogens (tertiary/aromatic N) is 1. The Kier molecular flexibility index (Phi) is 6.39. The number of carbonyl (C=O) groups excluding carboxylic acids is 1. The average molecular weight is 375 g/mol. The standard InChI is InChI=1S/C19H25N3O3S/c1-14(2)22(4)26(24,25)18-12-10-17(11-13-18)21-19(23)20-15(3)16-8-6-5-7-9-16/h5-15H,1-4H3,(H2,20,21,23). The van der Waals surface area contributed by atoms with Crippen molar-refractivity contribution < 1.29 is 13.2 Å². The first-order chi connectivity index (χ1) is 12.2. The van der Waals surface area contributed by atoms with Crippen LogP contribution in [0.5, 0.6) is 0 Å². The van der Waals surface area contributed by atoms with Gasteiger partial charge in [-0.05, 0) is 50.6 Å². The Hall–Kier alpha value is -2.38. The van der Waals surface area contributed by atoms with Gasteiger partial charge in [-0.15, -0.1) is 0 Å². The lowest BCUT2D eigenvalue weighted by Gasteiger charge is -2.21. The molecular weight excluding hydrogens is 350 g/mol. The number of nitrogens with one attached hydrogen (secondary N) is 2. The zero-order valence-electron chi connectivity index (χ0n) is 15.4. The van der Waals surface area contributed by atoms with Gasteiger partial charge in [0.2, 0.25) is 10.0 Å². The van der Waals surface area contributed by atoms with E-state index in [-0.39, 0.29) is 23.0 Å². The van der Waals surface area contributed by atoms with Gasteiger partial charge in [0.25, 0.3) is 0 Å². The van der Waals surface area contributed by atoms with Crippen molar-refractivity contribution in [1.29, 1.82) is 0 Å². The number of benzene rings is 2. The summed E-state index contributed by atoms with van der Waals surface area (Å²) >= 11 is 0. The number of urea groups is 1. The molecular formula is C19H25N3O3S. The molecule has 2 aromatic rings. The first kappa shape index (κ1) is 19.9. The van der Waals surface area contributed by atoms with Gasteiger partial charge in [0.15, 0.2) is 0 Å². The van der Waals surface area contributed by atoms with Crippen LogP contribution in [0.3, 0.4) is 0 Å². The van der Waals surface area contributed by atoms with Gasteiger partial charge in [0, 0.05) is 18.8 Å². The van der Waals surface area contributed by atoms with Crippen LogP contribution in [0.4, 0.5) is 10.5 Å². The summed E-state index contributed by atoms with van der Waals surface area (Å²) in [5.41, 5.74) is 1.52. The van der Waals surface area contributed by atoms with E-state index in [1.807, 2.05) is 51.1 Å². The van der Waals surface area contributed by atoms with E-state index in [1.165, 1.54) is 16.4 Å². The summed E-state index contributed by atoms with van der Waals surface area (Å²) in [6.07, 6.45) is 0. The largest absolute Gasteiger partial charge is 0.331 e. The SMILES string of the molecule is CC(NC(=O)Nc1ccc(S(=O)(=O)N(C)C(C)C)cc1)c1ccccc1. The van der Waals surface area contributed by atoms with Gasteiger partial charge in [-0.2, -0.15) is 4.31 Å². The van der Waals surface area contributed by atoms with Crippen LogP contribution in [0.25, 0.3) is 0 Å². The van der Waals surface area contributed by atoms with Crippen LogP contribution < -0.4 is 10.6 Å². The monoisotopic (exact) mass is 375 g/mol. The van der Waals surface area contributed by atoms with E-state index < -0.39 is 10.0 Å². The highest BCUT2D eigenvalue weighted by molar-refractivity contribution is 7.89. The van der Waals surface area contributed by atoms with Crippen LogP contribution in [-0.2, 0) is 10.0 Å². The minimum Gasteiger partial charge on any atom is -0.331 e.